The molecule has 0 bridgehead atoms. The predicted molar refractivity (Wildman–Crippen MR) is 119 cm³/mol. The van der Waals surface area contributed by atoms with Gasteiger partial charge >= 0.3 is 5.97 Å². The highest BCUT2D eigenvalue weighted by molar-refractivity contribution is 9.10. The van der Waals surface area contributed by atoms with E-state index >= 15 is 0 Å². The number of carbonyl (C=O) groups is 1. The monoisotopic (exact) mass is 465 g/mol. The molecular formula is C22H16BrN3O4. The van der Waals surface area contributed by atoms with Gasteiger partial charge in [0.1, 0.15) is 11.6 Å². The number of halogens is 1. The summed E-state index contributed by atoms with van der Waals surface area (Å²) in [6.07, 6.45) is 1.50. The van der Waals surface area contributed by atoms with E-state index in [-0.39, 0.29) is 5.56 Å². The number of aryl methyl sites for hydroxylation is 1. The SMILES string of the molecule is Cc1nc2ccc(Br)cc2c(=O)n1N=Cc1c(OCC(=O)O)ccc2ccccc12. The molecule has 0 spiro atoms. The molecule has 30 heavy (non-hydrogen) atoms. The fourth-order valence-electron chi connectivity index (χ4n) is 3.19. The maximum absolute atomic E-state index is 13.0. The van der Waals surface area contributed by atoms with Crippen LogP contribution in [-0.2, 0) is 4.79 Å². The molecule has 0 aliphatic carbocycles. The largest absolute Gasteiger partial charge is 0.481 e. The second-order valence-electron chi connectivity index (χ2n) is 6.56. The van der Waals surface area contributed by atoms with E-state index in [4.69, 9.17) is 9.84 Å². The number of ether oxygens (including phenoxy) is 1. The first kappa shape index (κ1) is 19.8. The van der Waals surface area contributed by atoms with E-state index in [0.717, 1.165) is 15.2 Å². The lowest BCUT2D eigenvalue weighted by atomic mass is 10.0. The van der Waals surface area contributed by atoms with Gasteiger partial charge in [-0.15, -0.1) is 0 Å². The molecule has 0 aliphatic heterocycles. The van der Waals surface area contributed by atoms with Crippen molar-refractivity contribution < 1.29 is 14.6 Å². The topological polar surface area (TPSA) is 93.8 Å². The fourth-order valence-corrected chi connectivity index (χ4v) is 3.55. The Morgan fingerprint density at radius 3 is 2.80 bits per heavy atom. The minimum absolute atomic E-state index is 0.303. The van der Waals surface area contributed by atoms with Crippen LogP contribution in [0.1, 0.15) is 11.4 Å². The Hall–Kier alpha value is -3.52. The summed E-state index contributed by atoms with van der Waals surface area (Å²) in [7, 11) is 0. The Morgan fingerprint density at radius 1 is 1.20 bits per heavy atom. The molecule has 0 saturated heterocycles. The summed E-state index contributed by atoms with van der Waals surface area (Å²) >= 11 is 3.37. The van der Waals surface area contributed by atoms with Crippen LogP contribution in [0.5, 0.6) is 5.75 Å². The van der Waals surface area contributed by atoms with Crippen molar-refractivity contribution in [3.05, 3.63) is 80.8 Å². The molecule has 4 rings (SSSR count). The average molecular weight is 466 g/mol. The van der Waals surface area contributed by atoms with Crippen molar-refractivity contribution >= 4 is 49.8 Å². The molecule has 0 fully saturated rings. The van der Waals surface area contributed by atoms with E-state index in [1.54, 1.807) is 25.1 Å². The minimum Gasteiger partial charge on any atom is -0.481 e. The smallest absolute Gasteiger partial charge is 0.341 e. The first-order valence-corrected chi connectivity index (χ1v) is 9.83. The number of carboxylic acids is 1. The Bertz CT molecular complexity index is 1380. The summed E-state index contributed by atoms with van der Waals surface area (Å²) in [5.41, 5.74) is 0.862. The van der Waals surface area contributed by atoms with Gasteiger partial charge in [0.2, 0.25) is 0 Å². The summed E-state index contributed by atoms with van der Waals surface area (Å²) in [6, 6.07) is 16.4. The summed E-state index contributed by atoms with van der Waals surface area (Å²) in [4.78, 5) is 28.4. The Labute approximate surface area is 179 Å². The van der Waals surface area contributed by atoms with Gasteiger partial charge in [-0.1, -0.05) is 46.3 Å². The molecule has 8 heteroatoms. The van der Waals surface area contributed by atoms with Crippen LogP contribution in [0, 0.1) is 6.92 Å². The van der Waals surface area contributed by atoms with Crippen LogP contribution in [0.2, 0.25) is 0 Å². The molecule has 0 radical (unpaired) electrons. The zero-order valence-electron chi connectivity index (χ0n) is 15.9. The van der Waals surface area contributed by atoms with Gasteiger partial charge in [0.25, 0.3) is 5.56 Å². The molecular weight excluding hydrogens is 450 g/mol. The van der Waals surface area contributed by atoms with Crippen molar-refractivity contribution in [3.8, 4) is 5.75 Å². The molecule has 150 valence electrons. The van der Waals surface area contributed by atoms with E-state index in [1.807, 2.05) is 36.4 Å². The quantitative estimate of drug-likeness (QED) is 0.450. The lowest BCUT2D eigenvalue weighted by molar-refractivity contribution is -0.139. The second kappa shape index (κ2) is 8.08. The molecule has 0 aliphatic rings. The van der Waals surface area contributed by atoms with Crippen molar-refractivity contribution in [2.75, 3.05) is 6.61 Å². The van der Waals surface area contributed by atoms with Gasteiger partial charge < -0.3 is 9.84 Å². The van der Waals surface area contributed by atoms with Crippen molar-refractivity contribution in [2.45, 2.75) is 6.92 Å². The maximum Gasteiger partial charge on any atom is 0.341 e. The van der Waals surface area contributed by atoms with Gasteiger partial charge in [-0.25, -0.2) is 9.78 Å². The highest BCUT2D eigenvalue weighted by atomic mass is 79.9. The maximum atomic E-state index is 13.0. The number of aromatic nitrogens is 2. The number of rotatable bonds is 5. The summed E-state index contributed by atoms with van der Waals surface area (Å²) < 4.78 is 7.43. The number of carboxylic acid groups (broad SMARTS) is 1. The van der Waals surface area contributed by atoms with Crippen LogP contribution in [0.4, 0.5) is 0 Å². The number of fused-ring (bicyclic) bond motifs is 2. The van der Waals surface area contributed by atoms with Crippen molar-refractivity contribution in [2.24, 2.45) is 5.10 Å². The summed E-state index contributed by atoms with van der Waals surface area (Å²) in [5.74, 6) is -0.288. The molecule has 4 aromatic rings. The van der Waals surface area contributed by atoms with E-state index in [2.05, 4.69) is 26.0 Å². The molecule has 3 aromatic carbocycles. The van der Waals surface area contributed by atoms with Crippen molar-refractivity contribution in [1.29, 1.82) is 0 Å². The molecule has 0 saturated carbocycles. The molecule has 0 unspecified atom stereocenters. The first-order chi connectivity index (χ1) is 14.4. The number of hydrogen-bond donors (Lipinski definition) is 1. The number of benzene rings is 3. The third-order valence-electron chi connectivity index (χ3n) is 4.55. The zero-order valence-corrected chi connectivity index (χ0v) is 17.5. The first-order valence-electron chi connectivity index (χ1n) is 9.03. The van der Waals surface area contributed by atoms with Crippen LogP contribution in [-0.4, -0.2) is 33.6 Å². The molecule has 7 nitrogen and oxygen atoms in total. The van der Waals surface area contributed by atoms with Gasteiger partial charge in [0.15, 0.2) is 6.61 Å². The van der Waals surface area contributed by atoms with Crippen LogP contribution in [0.25, 0.3) is 21.7 Å². The number of aliphatic carboxylic acids is 1. The fraction of sp³-hybridized carbons (Fsp3) is 0.0909. The second-order valence-corrected chi connectivity index (χ2v) is 7.48. The average Bonchev–Trinajstić information content (AvgIpc) is 2.73. The summed E-state index contributed by atoms with van der Waals surface area (Å²) in [6.45, 7) is 1.22. The van der Waals surface area contributed by atoms with E-state index in [0.29, 0.717) is 28.0 Å². The van der Waals surface area contributed by atoms with Crippen LogP contribution in [0.3, 0.4) is 0 Å². The van der Waals surface area contributed by atoms with Gasteiger partial charge in [0, 0.05) is 10.0 Å². The standard InChI is InChI=1S/C22H16BrN3O4/c1-13-25-19-8-7-15(23)10-17(19)22(29)26(13)24-11-18-16-5-3-2-4-14(16)6-9-20(18)30-12-21(27)28/h2-11H,12H2,1H3,(H,27,28). The van der Waals surface area contributed by atoms with Gasteiger partial charge in [-0.3, -0.25) is 4.79 Å². The van der Waals surface area contributed by atoms with Crippen LogP contribution < -0.4 is 10.3 Å². The molecule has 1 heterocycles. The molecule has 0 amide bonds. The van der Waals surface area contributed by atoms with Crippen molar-refractivity contribution in [3.63, 3.8) is 0 Å². The Kier molecular flexibility index (Phi) is 5.33. The molecule has 0 atom stereocenters. The van der Waals surface area contributed by atoms with E-state index in [9.17, 15) is 9.59 Å². The molecule has 1 aromatic heterocycles. The van der Waals surface area contributed by atoms with Gasteiger partial charge in [-0.2, -0.15) is 9.78 Å². The van der Waals surface area contributed by atoms with Crippen LogP contribution in [0.15, 0.2) is 69.0 Å². The zero-order chi connectivity index (χ0) is 21.3. The minimum atomic E-state index is -1.08. The van der Waals surface area contributed by atoms with E-state index in [1.165, 1.54) is 10.9 Å². The number of nitrogens with zero attached hydrogens (tertiary/aromatic N) is 3. The van der Waals surface area contributed by atoms with Crippen molar-refractivity contribution in [1.82, 2.24) is 9.66 Å². The van der Waals surface area contributed by atoms with Crippen LogP contribution >= 0.6 is 15.9 Å². The van der Waals surface area contributed by atoms with E-state index < -0.39 is 12.6 Å². The predicted octanol–water partition coefficient (Wildman–Crippen LogP) is 3.97. The number of hydrogen-bond acceptors (Lipinski definition) is 5. The van der Waals surface area contributed by atoms with Gasteiger partial charge in [0.05, 0.1) is 17.1 Å². The molecule has 1 N–H and O–H groups in total. The van der Waals surface area contributed by atoms with Gasteiger partial charge in [-0.05, 0) is 42.0 Å². The Morgan fingerprint density at radius 2 is 2.00 bits per heavy atom. The highest BCUT2D eigenvalue weighted by Crippen LogP contribution is 2.27. The summed E-state index contributed by atoms with van der Waals surface area (Å²) in [5, 5.41) is 15.5. The normalized spacial score (nSPS) is 11.4. The lowest BCUT2D eigenvalue weighted by Gasteiger charge is -2.11. The lowest BCUT2D eigenvalue weighted by Crippen LogP contribution is -2.20. The highest BCUT2D eigenvalue weighted by Gasteiger charge is 2.11. The third kappa shape index (κ3) is 3.81. The Balaban J connectivity index is 1.87. The third-order valence-corrected chi connectivity index (χ3v) is 5.05.